The van der Waals surface area contributed by atoms with Crippen LogP contribution in [-0.4, -0.2) is 62.1 Å². The van der Waals surface area contributed by atoms with Crippen LogP contribution in [0.5, 0.6) is 5.75 Å². The fraction of sp³-hybridized carbons (Fsp3) is 0.438. The van der Waals surface area contributed by atoms with Gasteiger partial charge in [-0.2, -0.15) is 0 Å². The van der Waals surface area contributed by atoms with Gasteiger partial charge in [0.1, 0.15) is 12.2 Å². The van der Waals surface area contributed by atoms with Crippen molar-refractivity contribution in [1.82, 2.24) is 4.98 Å². The van der Waals surface area contributed by atoms with Gasteiger partial charge >= 0.3 is 5.97 Å². The summed E-state index contributed by atoms with van der Waals surface area (Å²) in [5.41, 5.74) is 1.83. The van der Waals surface area contributed by atoms with Crippen molar-refractivity contribution in [3.63, 3.8) is 0 Å². The van der Waals surface area contributed by atoms with Crippen molar-refractivity contribution in [2.45, 2.75) is 37.4 Å². The van der Waals surface area contributed by atoms with Crippen molar-refractivity contribution in [3.05, 3.63) is 30.0 Å². The molecule has 5 N–H and O–H groups in total. The molecule has 1 aromatic carbocycles. The summed E-state index contributed by atoms with van der Waals surface area (Å²) in [5.74, 6) is -3.14. The van der Waals surface area contributed by atoms with Gasteiger partial charge in [-0.3, -0.25) is 0 Å². The van der Waals surface area contributed by atoms with E-state index in [4.69, 9.17) is 14.6 Å². The van der Waals surface area contributed by atoms with Crippen molar-refractivity contribution >= 4 is 16.9 Å². The number of nitrogens with one attached hydrogen (secondary N) is 1. The lowest BCUT2D eigenvalue weighted by Gasteiger charge is -2.22. The molecule has 1 aliphatic rings. The van der Waals surface area contributed by atoms with Crippen LogP contribution in [0.3, 0.4) is 0 Å². The number of esters is 1. The zero-order valence-electron chi connectivity index (χ0n) is 13.0. The van der Waals surface area contributed by atoms with E-state index in [9.17, 15) is 20.1 Å². The summed E-state index contributed by atoms with van der Waals surface area (Å²) in [6, 6.07) is 5.69. The van der Waals surface area contributed by atoms with E-state index in [0.29, 0.717) is 5.39 Å². The Balaban J connectivity index is 1.83. The number of carbonyl (C=O) groups excluding carboxylic acids is 1. The number of H-pyrrole nitrogens is 1. The van der Waals surface area contributed by atoms with E-state index >= 15 is 0 Å². The van der Waals surface area contributed by atoms with Crippen LogP contribution in [0.15, 0.2) is 24.4 Å². The number of carbonyl (C=O) groups is 1. The Morgan fingerprint density at radius 3 is 2.79 bits per heavy atom. The van der Waals surface area contributed by atoms with E-state index in [1.807, 2.05) is 25.1 Å². The van der Waals surface area contributed by atoms with E-state index in [-0.39, 0.29) is 5.75 Å². The highest BCUT2D eigenvalue weighted by Gasteiger charge is 2.56. The zero-order valence-corrected chi connectivity index (χ0v) is 13.0. The first-order valence-electron chi connectivity index (χ1n) is 7.58. The number of hydrogen-bond acceptors (Lipinski definition) is 7. The summed E-state index contributed by atoms with van der Waals surface area (Å²) in [6.07, 6.45) is -2.84. The number of aryl methyl sites for hydroxylation is 1. The first kappa shape index (κ1) is 16.9. The van der Waals surface area contributed by atoms with Gasteiger partial charge in [-0.25, -0.2) is 4.79 Å². The molecular weight excluding hydrogens is 318 g/mol. The molecule has 2 aromatic rings. The second kappa shape index (κ2) is 6.15. The summed E-state index contributed by atoms with van der Waals surface area (Å²) in [5, 5.41) is 39.1. The predicted molar refractivity (Wildman–Crippen MR) is 82.2 cm³/mol. The lowest BCUT2D eigenvalue weighted by atomic mass is 10.1. The molecule has 0 radical (unpaired) electrons. The van der Waals surface area contributed by atoms with Crippen LogP contribution in [0.4, 0.5) is 0 Å². The quantitative estimate of drug-likeness (QED) is 0.472. The average molecular weight is 337 g/mol. The van der Waals surface area contributed by atoms with Crippen LogP contribution in [0.1, 0.15) is 12.5 Å². The van der Waals surface area contributed by atoms with Gasteiger partial charge < -0.3 is 34.9 Å². The normalized spacial score (nSPS) is 30.0. The summed E-state index contributed by atoms with van der Waals surface area (Å²) in [6.45, 7) is 1.03. The minimum atomic E-state index is -2.40. The first-order chi connectivity index (χ1) is 11.4. The Labute approximate surface area is 137 Å². The van der Waals surface area contributed by atoms with E-state index in [1.165, 1.54) is 6.20 Å². The Morgan fingerprint density at radius 2 is 2.17 bits per heavy atom. The van der Waals surface area contributed by atoms with Crippen molar-refractivity contribution in [1.29, 1.82) is 0 Å². The van der Waals surface area contributed by atoms with Crippen molar-refractivity contribution in [3.8, 4) is 5.75 Å². The van der Waals surface area contributed by atoms with E-state index in [2.05, 4.69) is 4.98 Å². The highest BCUT2D eigenvalue weighted by atomic mass is 16.7. The van der Waals surface area contributed by atoms with Crippen LogP contribution < -0.4 is 4.74 Å². The molecule has 2 heterocycles. The summed E-state index contributed by atoms with van der Waals surface area (Å²) < 4.78 is 10.2. The number of ether oxygens (including phenoxy) is 2. The number of benzene rings is 1. The molecule has 3 rings (SSSR count). The maximum absolute atomic E-state index is 12.2. The second-order valence-electron chi connectivity index (χ2n) is 5.78. The van der Waals surface area contributed by atoms with Crippen LogP contribution in [0, 0.1) is 0 Å². The number of aliphatic hydroxyl groups excluding tert-OH is 3. The topological polar surface area (TPSA) is 132 Å². The molecule has 24 heavy (non-hydrogen) atoms. The van der Waals surface area contributed by atoms with Gasteiger partial charge in [-0.15, -0.1) is 0 Å². The van der Waals surface area contributed by atoms with E-state index in [0.717, 1.165) is 17.5 Å². The maximum Gasteiger partial charge on any atom is 0.343 e. The molecule has 8 heteroatoms. The molecule has 0 saturated carbocycles. The monoisotopic (exact) mass is 337 g/mol. The number of aromatic nitrogens is 1. The molecule has 1 fully saturated rings. The fourth-order valence-corrected chi connectivity index (χ4v) is 2.72. The third-order valence-electron chi connectivity index (χ3n) is 4.21. The minimum absolute atomic E-state index is 0.245. The third kappa shape index (κ3) is 2.68. The highest BCUT2D eigenvalue weighted by Crippen LogP contribution is 2.32. The number of aromatic amines is 1. The van der Waals surface area contributed by atoms with Crippen molar-refractivity contribution < 1.29 is 34.7 Å². The largest absolute Gasteiger partial charge is 0.422 e. The molecule has 8 nitrogen and oxygen atoms in total. The Bertz CT molecular complexity index is 758. The third-order valence-corrected chi connectivity index (χ3v) is 4.21. The molecule has 0 aliphatic carbocycles. The molecule has 0 amide bonds. The fourth-order valence-electron chi connectivity index (χ4n) is 2.72. The Morgan fingerprint density at radius 1 is 1.42 bits per heavy atom. The van der Waals surface area contributed by atoms with Crippen LogP contribution in [-0.2, 0) is 16.0 Å². The molecular formula is C16H19NO7. The molecule has 0 spiro atoms. The van der Waals surface area contributed by atoms with Crippen LogP contribution in [0.2, 0.25) is 0 Å². The van der Waals surface area contributed by atoms with Gasteiger partial charge in [0.05, 0.1) is 6.61 Å². The van der Waals surface area contributed by atoms with Gasteiger partial charge in [0.2, 0.25) is 5.79 Å². The molecule has 0 bridgehead atoms. The average Bonchev–Trinajstić information content (AvgIpc) is 3.09. The molecule has 4 unspecified atom stereocenters. The number of hydrogen-bond donors (Lipinski definition) is 5. The SMILES string of the molecule is CCc1ccc2[nH]cc(OC(=O)C3OC(O)(CO)C(O)C3O)c2c1. The summed E-state index contributed by atoms with van der Waals surface area (Å²) >= 11 is 0. The molecule has 1 aliphatic heterocycles. The minimum Gasteiger partial charge on any atom is -0.422 e. The molecule has 4 atom stereocenters. The molecule has 1 saturated heterocycles. The van der Waals surface area contributed by atoms with Crippen molar-refractivity contribution in [2.24, 2.45) is 0 Å². The first-order valence-corrected chi connectivity index (χ1v) is 7.58. The predicted octanol–water partition coefficient (Wildman–Crippen LogP) is -0.563. The molecule has 1 aromatic heterocycles. The van der Waals surface area contributed by atoms with Gasteiger partial charge in [-0.1, -0.05) is 13.0 Å². The number of rotatable bonds is 4. The maximum atomic E-state index is 12.2. The lowest BCUT2D eigenvalue weighted by molar-refractivity contribution is -0.246. The van der Waals surface area contributed by atoms with Crippen LogP contribution in [0.25, 0.3) is 10.9 Å². The summed E-state index contributed by atoms with van der Waals surface area (Å²) in [7, 11) is 0. The lowest BCUT2D eigenvalue weighted by Crippen LogP contribution is -2.46. The Hall–Kier alpha value is -1.97. The zero-order chi connectivity index (χ0) is 17.5. The second-order valence-corrected chi connectivity index (χ2v) is 5.78. The number of aliphatic hydroxyl groups is 4. The van der Waals surface area contributed by atoms with Crippen molar-refractivity contribution in [2.75, 3.05) is 6.61 Å². The van der Waals surface area contributed by atoms with Gasteiger partial charge in [0.15, 0.2) is 11.9 Å². The van der Waals surface area contributed by atoms with Gasteiger partial charge in [-0.05, 0) is 24.1 Å². The standard InChI is InChI=1S/C16H19NO7/c1-2-8-3-4-10-9(5-8)11(6-17-10)23-15(21)13-12(19)14(20)16(22,7-18)24-13/h3-6,12-14,17-20,22H,2,7H2,1H3. The summed E-state index contributed by atoms with van der Waals surface area (Å²) in [4.78, 5) is 15.2. The van der Waals surface area contributed by atoms with E-state index in [1.54, 1.807) is 0 Å². The highest BCUT2D eigenvalue weighted by molar-refractivity contribution is 5.90. The Kier molecular flexibility index (Phi) is 4.33. The molecule has 130 valence electrons. The number of fused-ring (bicyclic) bond motifs is 1. The van der Waals surface area contributed by atoms with Gasteiger partial charge in [0.25, 0.3) is 0 Å². The smallest absolute Gasteiger partial charge is 0.343 e. The van der Waals surface area contributed by atoms with Gasteiger partial charge in [0, 0.05) is 17.1 Å². The van der Waals surface area contributed by atoms with E-state index < -0.39 is 36.7 Å². The van der Waals surface area contributed by atoms with Crippen LogP contribution >= 0.6 is 0 Å².